The molecule has 0 aliphatic heterocycles. The van der Waals surface area contributed by atoms with Gasteiger partial charge in [-0.3, -0.25) is 0 Å². The smallest absolute Gasteiger partial charge is 0.0393 e. The van der Waals surface area contributed by atoms with E-state index in [-0.39, 0.29) is 5.41 Å². The Morgan fingerprint density at radius 3 is 2.46 bits per heavy atom. The summed E-state index contributed by atoms with van der Waals surface area (Å²) in [4.78, 5) is 0. The molecule has 3 aromatic carbocycles. The van der Waals surface area contributed by atoms with Gasteiger partial charge in [0.05, 0.1) is 0 Å². The van der Waals surface area contributed by atoms with Crippen molar-refractivity contribution in [2.45, 2.75) is 25.2 Å². The molecule has 0 saturated heterocycles. The van der Waals surface area contributed by atoms with Gasteiger partial charge >= 0.3 is 0 Å². The van der Waals surface area contributed by atoms with Crippen molar-refractivity contribution in [1.82, 2.24) is 0 Å². The first-order valence-corrected chi connectivity index (χ1v) is 9.35. The molecule has 2 aliphatic rings. The lowest BCUT2D eigenvalue weighted by molar-refractivity contribution is 0.346. The largest absolute Gasteiger partial charge is 0.398 e. The minimum absolute atomic E-state index is 0.0965. The number of rotatable bonds is 1. The molecule has 0 saturated carbocycles. The SMILES string of the molecule is CC1(C)c2cccc3ccc(-c4ccccc4N)c(c23)C2C=CC=CC21. The number of fused-ring (bicyclic) bond motifs is 2. The summed E-state index contributed by atoms with van der Waals surface area (Å²) in [6, 6.07) is 19.5. The lowest BCUT2D eigenvalue weighted by Crippen LogP contribution is -2.36. The maximum Gasteiger partial charge on any atom is 0.0393 e. The molecule has 0 fully saturated rings. The molecule has 0 spiro atoms. The molecule has 0 amide bonds. The first kappa shape index (κ1) is 15.5. The summed E-state index contributed by atoms with van der Waals surface area (Å²) >= 11 is 0. The van der Waals surface area contributed by atoms with Gasteiger partial charge in [0.2, 0.25) is 0 Å². The maximum atomic E-state index is 6.37. The third-order valence-corrected chi connectivity index (χ3v) is 6.33. The number of nitrogen functional groups attached to an aromatic ring is 1. The summed E-state index contributed by atoms with van der Waals surface area (Å²) in [6.45, 7) is 4.77. The van der Waals surface area contributed by atoms with Crippen LogP contribution in [0.25, 0.3) is 21.9 Å². The Hall–Kier alpha value is -2.80. The number of hydrogen-bond donors (Lipinski definition) is 1. The Balaban J connectivity index is 1.94. The van der Waals surface area contributed by atoms with E-state index < -0.39 is 0 Å². The summed E-state index contributed by atoms with van der Waals surface area (Å²) in [5, 5.41) is 2.74. The van der Waals surface area contributed by atoms with Crippen LogP contribution in [-0.2, 0) is 5.41 Å². The monoisotopic (exact) mass is 337 g/mol. The van der Waals surface area contributed by atoms with Gasteiger partial charge in [-0.25, -0.2) is 0 Å². The average molecular weight is 337 g/mol. The van der Waals surface area contributed by atoms with Gasteiger partial charge in [-0.15, -0.1) is 0 Å². The summed E-state index contributed by atoms with van der Waals surface area (Å²) in [6.07, 6.45) is 9.16. The van der Waals surface area contributed by atoms with E-state index >= 15 is 0 Å². The predicted octanol–water partition coefficient (Wildman–Crippen LogP) is 6.21. The normalized spacial score (nSPS) is 22.4. The Kier molecular flexibility index (Phi) is 3.18. The average Bonchev–Trinajstić information content (AvgIpc) is 2.66. The molecular weight excluding hydrogens is 314 g/mol. The van der Waals surface area contributed by atoms with Crippen molar-refractivity contribution < 1.29 is 0 Å². The van der Waals surface area contributed by atoms with E-state index in [2.05, 4.69) is 80.6 Å². The van der Waals surface area contributed by atoms with Crippen molar-refractivity contribution in [2.24, 2.45) is 5.92 Å². The standard InChI is InChI=1S/C25H23N/c1-25(2)20-11-5-3-10-19(20)24-18(17-9-4-6-13-22(17)26)15-14-16-8-7-12-21(25)23(16)24/h3-15,19-20H,26H2,1-2H3. The lowest BCUT2D eigenvalue weighted by Gasteiger charge is -2.45. The first-order chi connectivity index (χ1) is 12.6. The van der Waals surface area contributed by atoms with E-state index in [0.29, 0.717) is 11.8 Å². The van der Waals surface area contributed by atoms with Crippen LogP contribution in [0, 0.1) is 5.92 Å². The zero-order chi connectivity index (χ0) is 17.9. The minimum atomic E-state index is 0.0965. The highest BCUT2D eigenvalue weighted by atomic mass is 14.6. The number of anilines is 1. The Morgan fingerprint density at radius 1 is 0.808 bits per heavy atom. The zero-order valence-corrected chi connectivity index (χ0v) is 15.2. The van der Waals surface area contributed by atoms with Gasteiger partial charge in [0.25, 0.3) is 0 Å². The number of nitrogens with two attached hydrogens (primary N) is 1. The van der Waals surface area contributed by atoms with E-state index in [1.165, 1.54) is 27.5 Å². The molecule has 0 heterocycles. The second-order valence-corrected chi connectivity index (χ2v) is 8.06. The topological polar surface area (TPSA) is 26.0 Å². The lowest BCUT2D eigenvalue weighted by atomic mass is 9.58. The van der Waals surface area contributed by atoms with Crippen LogP contribution < -0.4 is 5.73 Å². The van der Waals surface area contributed by atoms with Gasteiger partial charge < -0.3 is 5.73 Å². The highest BCUT2D eigenvalue weighted by Crippen LogP contribution is 2.54. The first-order valence-electron chi connectivity index (χ1n) is 9.35. The van der Waals surface area contributed by atoms with Crippen LogP contribution >= 0.6 is 0 Å². The van der Waals surface area contributed by atoms with Gasteiger partial charge in [0.1, 0.15) is 0 Å². The van der Waals surface area contributed by atoms with Gasteiger partial charge in [-0.1, -0.05) is 86.7 Å². The molecule has 5 rings (SSSR count). The van der Waals surface area contributed by atoms with Crippen molar-refractivity contribution >= 4 is 16.5 Å². The van der Waals surface area contributed by atoms with E-state index in [0.717, 1.165) is 11.3 Å². The summed E-state index contributed by atoms with van der Waals surface area (Å²) in [5.74, 6) is 0.833. The van der Waals surface area contributed by atoms with Crippen LogP contribution in [0.5, 0.6) is 0 Å². The number of hydrogen-bond acceptors (Lipinski definition) is 1. The molecule has 1 heteroatoms. The Bertz CT molecular complexity index is 1080. The molecular formula is C25H23N. The Labute approximate surface area is 154 Å². The highest BCUT2D eigenvalue weighted by molar-refractivity contribution is 5.98. The van der Waals surface area contributed by atoms with Crippen LogP contribution in [0.3, 0.4) is 0 Å². The Morgan fingerprint density at radius 2 is 1.62 bits per heavy atom. The van der Waals surface area contributed by atoms with Crippen molar-refractivity contribution in [1.29, 1.82) is 0 Å². The molecule has 2 aliphatic carbocycles. The van der Waals surface area contributed by atoms with Crippen LogP contribution in [0.4, 0.5) is 5.69 Å². The molecule has 0 radical (unpaired) electrons. The number of allylic oxidation sites excluding steroid dienone is 4. The zero-order valence-electron chi connectivity index (χ0n) is 15.2. The molecule has 1 nitrogen and oxygen atoms in total. The van der Waals surface area contributed by atoms with Gasteiger partial charge in [-0.05, 0) is 44.9 Å². The molecule has 128 valence electrons. The molecule has 2 N–H and O–H groups in total. The van der Waals surface area contributed by atoms with Crippen molar-refractivity contribution in [3.8, 4) is 11.1 Å². The fraction of sp³-hybridized carbons (Fsp3) is 0.200. The van der Waals surface area contributed by atoms with Gasteiger partial charge in [-0.2, -0.15) is 0 Å². The summed E-state index contributed by atoms with van der Waals surface area (Å²) in [5.41, 5.74) is 12.6. The minimum Gasteiger partial charge on any atom is -0.398 e. The van der Waals surface area contributed by atoms with Crippen LogP contribution in [0.15, 0.2) is 78.9 Å². The van der Waals surface area contributed by atoms with E-state index in [1.807, 2.05) is 12.1 Å². The van der Waals surface area contributed by atoms with Crippen LogP contribution in [0.2, 0.25) is 0 Å². The van der Waals surface area contributed by atoms with Crippen molar-refractivity contribution in [3.05, 3.63) is 90.0 Å². The molecule has 26 heavy (non-hydrogen) atoms. The summed E-state index contributed by atoms with van der Waals surface area (Å²) < 4.78 is 0. The second kappa shape index (κ2) is 5.35. The van der Waals surface area contributed by atoms with Crippen molar-refractivity contribution in [3.63, 3.8) is 0 Å². The highest BCUT2D eigenvalue weighted by Gasteiger charge is 2.42. The van der Waals surface area contributed by atoms with Crippen molar-refractivity contribution in [2.75, 3.05) is 5.73 Å². The van der Waals surface area contributed by atoms with Gasteiger partial charge in [0.15, 0.2) is 0 Å². The quantitative estimate of drug-likeness (QED) is 0.525. The van der Waals surface area contributed by atoms with Crippen LogP contribution in [-0.4, -0.2) is 0 Å². The van der Waals surface area contributed by atoms with Gasteiger partial charge in [0, 0.05) is 17.2 Å². The fourth-order valence-electron chi connectivity index (χ4n) is 5.02. The third kappa shape index (κ3) is 1.97. The molecule has 0 aromatic heterocycles. The number of para-hydroxylation sites is 1. The number of benzene rings is 3. The molecule has 3 aromatic rings. The van der Waals surface area contributed by atoms with E-state index in [4.69, 9.17) is 5.73 Å². The maximum absolute atomic E-state index is 6.37. The van der Waals surface area contributed by atoms with E-state index in [1.54, 1.807) is 0 Å². The van der Waals surface area contributed by atoms with E-state index in [9.17, 15) is 0 Å². The molecule has 0 bridgehead atoms. The predicted molar refractivity (Wildman–Crippen MR) is 111 cm³/mol. The molecule has 2 unspecified atom stereocenters. The summed E-state index contributed by atoms with van der Waals surface area (Å²) in [7, 11) is 0. The molecule has 2 atom stereocenters. The second-order valence-electron chi connectivity index (χ2n) is 8.06. The van der Waals surface area contributed by atoms with Crippen LogP contribution in [0.1, 0.15) is 30.9 Å². The third-order valence-electron chi connectivity index (χ3n) is 6.33. The fourth-order valence-corrected chi connectivity index (χ4v) is 5.02.